The predicted molar refractivity (Wildman–Crippen MR) is 98.3 cm³/mol. The fraction of sp³-hybridized carbons (Fsp3) is 0.444. The number of alkyl carbamates (subject to hydrolysis) is 1. The zero-order valence-electron chi connectivity index (χ0n) is 15.1. The maximum atomic E-state index is 13.0. The van der Waals surface area contributed by atoms with Crippen LogP contribution in [-0.4, -0.2) is 48.5 Å². The number of hydrogen-bond donors (Lipinski definition) is 1. The molecule has 1 fully saturated rings. The second-order valence-electron chi connectivity index (χ2n) is 7.33. The Morgan fingerprint density at radius 2 is 2.00 bits per heavy atom. The number of ether oxygens (including phenoxy) is 1. The molecule has 1 atom stereocenters. The molecule has 1 aliphatic rings. The Morgan fingerprint density at radius 3 is 2.73 bits per heavy atom. The molecule has 1 saturated heterocycles. The van der Waals surface area contributed by atoms with Crippen LogP contribution in [0.2, 0.25) is 0 Å². The molecule has 1 aromatic heterocycles. The van der Waals surface area contributed by atoms with Crippen LogP contribution in [0.3, 0.4) is 0 Å². The number of nitrogens with zero attached hydrogens (tertiary/aromatic N) is 2. The zero-order valence-corrected chi connectivity index (χ0v) is 15.9. The molecule has 26 heavy (non-hydrogen) atoms. The molecule has 2 heterocycles. The quantitative estimate of drug-likeness (QED) is 0.888. The molecular formula is C18H23N3O4S. The van der Waals surface area contributed by atoms with Crippen LogP contribution in [0, 0.1) is 0 Å². The number of nitrogens with one attached hydrogen (secondary N) is 1. The molecule has 3 rings (SSSR count). The monoisotopic (exact) mass is 377 g/mol. The molecule has 0 saturated carbocycles. The third-order valence-electron chi connectivity index (χ3n) is 4.09. The lowest BCUT2D eigenvalue weighted by molar-refractivity contribution is 0.0507. The number of sulfonamides is 1. The van der Waals surface area contributed by atoms with Gasteiger partial charge in [-0.05, 0) is 38.6 Å². The van der Waals surface area contributed by atoms with Crippen molar-refractivity contribution in [2.75, 3.05) is 13.1 Å². The minimum absolute atomic E-state index is 0.0496. The topological polar surface area (TPSA) is 88.6 Å². The van der Waals surface area contributed by atoms with Gasteiger partial charge in [0.1, 0.15) is 5.60 Å². The van der Waals surface area contributed by atoms with Crippen LogP contribution in [0.15, 0.2) is 41.6 Å². The van der Waals surface area contributed by atoms with E-state index in [4.69, 9.17) is 4.74 Å². The molecule has 1 N–H and O–H groups in total. The highest BCUT2D eigenvalue weighted by Gasteiger charge is 2.35. The van der Waals surface area contributed by atoms with Crippen LogP contribution in [0.1, 0.15) is 27.2 Å². The van der Waals surface area contributed by atoms with Crippen molar-refractivity contribution in [1.29, 1.82) is 0 Å². The van der Waals surface area contributed by atoms with E-state index in [1.807, 2.05) is 12.1 Å². The molecule has 7 nitrogen and oxygen atoms in total. The lowest BCUT2D eigenvalue weighted by Crippen LogP contribution is -2.41. The Balaban J connectivity index is 1.76. The number of aromatic nitrogens is 1. The van der Waals surface area contributed by atoms with E-state index >= 15 is 0 Å². The summed E-state index contributed by atoms with van der Waals surface area (Å²) in [4.78, 5) is 16.0. The minimum atomic E-state index is -3.74. The zero-order chi connectivity index (χ0) is 18.9. The Hall–Kier alpha value is -2.19. The van der Waals surface area contributed by atoms with Gasteiger partial charge in [-0.1, -0.05) is 24.3 Å². The van der Waals surface area contributed by atoms with Crippen LogP contribution in [0.5, 0.6) is 0 Å². The maximum absolute atomic E-state index is 13.0. The van der Waals surface area contributed by atoms with Crippen LogP contribution in [0.4, 0.5) is 4.79 Å². The maximum Gasteiger partial charge on any atom is 0.407 e. The molecule has 140 valence electrons. The van der Waals surface area contributed by atoms with Crippen molar-refractivity contribution in [3.05, 3.63) is 36.5 Å². The number of fused-ring (bicyclic) bond motifs is 1. The van der Waals surface area contributed by atoms with E-state index in [1.165, 1.54) is 10.5 Å². The van der Waals surface area contributed by atoms with Gasteiger partial charge in [0.2, 0.25) is 0 Å². The van der Waals surface area contributed by atoms with Gasteiger partial charge in [0.15, 0.2) is 5.03 Å². The highest BCUT2D eigenvalue weighted by molar-refractivity contribution is 7.89. The summed E-state index contributed by atoms with van der Waals surface area (Å²) < 4.78 is 32.7. The van der Waals surface area contributed by atoms with Crippen molar-refractivity contribution in [2.24, 2.45) is 0 Å². The van der Waals surface area contributed by atoms with E-state index in [2.05, 4.69) is 10.3 Å². The van der Waals surface area contributed by atoms with Gasteiger partial charge in [-0.25, -0.2) is 18.2 Å². The number of hydrogen-bond acceptors (Lipinski definition) is 5. The summed E-state index contributed by atoms with van der Waals surface area (Å²) in [6.45, 7) is 5.87. The summed E-state index contributed by atoms with van der Waals surface area (Å²) in [5.41, 5.74) is -0.596. The van der Waals surface area contributed by atoms with Gasteiger partial charge in [-0.15, -0.1) is 0 Å². The summed E-state index contributed by atoms with van der Waals surface area (Å²) in [6, 6.07) is 8.75. The number of benzene rings is 1. The molecule has 1 aromatic carbocycles. The van der Waals surface area contributed by atoms with E-state index in [0.717, 1.165) is 5.39 Å². The fourth-order valence-corrected chi connectivity index (χ4v) is 4.58. The van der Waals surface area contributed by atoms with Crippen LogP contribution in [0.25, 0.3) is 10.8 Å². The normalized spacial score (nSPS) is 18.8. The molecule has 8 heteroatoms. The van der Waals surface area contributed by atoms with E-state index in [-0.39, 0.29) is 17.6 Å². The molecule has 0 aliphatic carbocycles. The van der Waals surface area contributed by atoms with Gasteiger partial charge in [-0.3, -0.25) is 0 Å². The van der Waals surface area contributed by atoms with E-state index in [1.54, 1.807) is 39.0 Å². The molecule has 1 amide bonds. The van der Waals surface area contributed by atoms with Crippen molar-refractivity contribution in [2.45, 2.75) is 43.9 Å². The number of pyridine rings is 1. The smallest absolute Gasteiger partial charge is 0.407 e. The Bertz CT molecular complexity index is 916. The standard InChI is InChI=1S/C18H23N3O4S/c1-18(2,3)25-17(22)20-14-9-11-21(12-14)26(23,24)16-15-7-5-4-6-13(15)8-10-19-16/h4-8,10,14H,9,11-12H2,1-3H3,(H,20,22). The summed E-state index contributed by atoms with van der Waals surface area (Å²) in [5.74, 6) is 0. The number of carbonyl (C=O) groups excluding carboxylic acids is 1. The molecule has 1 unspecified atom stereocenters. The van der Waals surface area contributed by atoms with Crippen molar-refractivity contribution >= 4 is 26.9 Å². The lowest BCUT2D eigenvalue weighted by Gasteiger charge is -2.22. The first-order valence-corrected chi connectivity index (χ1v) is 9.94. The minimum Gasteiger partial charge on any atom is -0.444 e. The second kappa shape index (κ2) is 6.85. The van der Waals surface area contributed by atoms with Crippen molar-refractivity contribution in [3.8, 4) is 0 Å². The average molecular weight is 377 g/mol. The molecule has 0 bridgehead atoms. The second-order valence-corrected chi connectivity index (χ2v) is 9.19. The van der Waals surface area contributed by atoms with Gasteiger partial charge in [0.25, 0.3) is 10.0 Å². The van der Waals surface area contributed by atoms with Gasteiger partial charge >= 0.3 is 6.09 Å². The highest BCUT2D eigenvalue weighted by atomic mass is 32.2. The molecule has 2 aromatic rings. The third kappa shape index (κ3) is 3.96. The van der Waals surface area contributed by atoms with Crippen molar-refractivity contribution in [1.82, 2.24) is 14.6 Å². The summed E-state index contributed by atoms with van der Waals surface area (Å²) in [5, 5.41) is 4.21. The third-order valence-corrected chi connectivity index (χ3v) is 5.92. The number of carbonyl (C=O) groups is 1. The Morgan fingerprint density at radius 1 is 1.27 bits per heavy atom. The summed E-state index contributed by atoms with van der Waals surface area (Å²) >= 11 is 0. The first-order chi connectivity index (χ1) is 12.2. The number of rotatable bonds is 3. The van der Waals surface area contributed by atoms with Gasteiger partial charge in [-0.2, -0.15) is 4.31 Å². The average Bonchev–Trinajstić information content (AvgIpc) is 3.01. The SMILES string of the molecule is CC(C)(C)OC(=O)NC1CCN(S(=O)(=O)c2nccc3ccccc23)C1. The first kappa shape index (κ1) is 18.6. The molecule has 0 spiro atoms. The van der Waals surface area contributed by atoms with Crippen molar-refractivity contribution in [3.63, 3.8) is 0 Å². The summed E-state index contributed by atoms with van der Waals surface area (Å²) in [6.07, 6.45) is 1.50. The van der Waals surface area contributed by atoms with Crippen LogP contribution in [-0.2, 0) is 14.8 Å². The van der Waals surface area contributed by atoms with Gasteiger partial charge in [0, 0.05) is 30.7 Å². The highest BCUT2D eigenvalue weighted by Crippen LogP contribution is 2.26. The van der Waals surface area contributed by atoms with Crippen molar-refractivity contribution < 1.29 is 17.9 Å². The Labute approximate surface area is 153 Å². The van der Waals surface area contributed by atoms with Gasteiger partial charge in [0.05, 0.1) is 0 Å². The van der Waals surface area contributed by atoms with E-state index in [9.17, 15) is 13.2 Å². The first-order valence-electron chi connectivity index (χ1n) is 8.50. The van der Waals surface area contributed by atoms with E-state index in [0.29, 0.717) is 18.4 Å². The molecule has 0 radical (unpaired) electrons. The largest absolute Gasteiger partial charge is 0.444 e. The fourth-order valence-electron chi connectivity index (χ4n) is 2.96. The van der Waals surface area contributed by atoms with Crippen LogP contribution < -0.4 is 5.32 Å². The predicted octanol–water partition coefficient (Wildman–Crippen LogP) is 2.52. The van der Waals surface area contributed by atoms with E-state index < -0.39 is 21.7 Å². The molecule has 1 aliphatic heterocycles. The van der Waals surface area contributed by atoms with Crippen LogP contribution >= 0.6 is 0 Å². The lowest BCUT2D eigenvalue weighted by atomic mass is 10.2. The molecular weight excluding hydrogens is 354 g/mol. The summed E-state index contributed by atoms with van der Waals surface area (Å²) in [7, 11) is -3.74. The Kier molecular flexibility index (Phi) is 4.90. The number of amides is 1. The van der Waals surface area contributed by atoms with Gasteiger partial charge < -0.3 is 10.1 Å².